The number of anilines is 1. The Hall–Kier alpha value is -1.29. The third-order valence-corrected chi connectivity index (χ3v) is 4.91. The topological polar surface area (TPSA) is 21.1 Å². The molecule has 1 saturated heterocycles. The summed E-state index contributed by atoms with van der Waals surface area (Å²) in [5.41, 5.74) is 3.55. The smallest absolute Gasteiger partial charge is 0.136 e. The number of aromatic nitrogens is 2. The van der Waals surface area contributed by atoms with Gasteiger partial charge in [-0.15, -0.1) is 0 Å². The lowest BCUT2D eigenvalue weighted by Gasteiger charge is -2.26. The molecule has 21 heavy (non-hydrogen) atoms. The van der Waals surface area contributed by atoms with Crippen molar-refractivity contribution >= 4 is 21.7 Å². The Kier molecular flexibility index (Phi) is 4.07. The van der Waals surface area contributed by atoms with Gasteiger partial charge in [-0.2, -0.15) is 5.10 Å². The minimum absolute atomic E-state index is 0.566. The summed E-state index contributed by atoms with van der Waals surface area (Å²) in [7, 11) is 0. The minimum atomic E-state index is 0.566. The van der Waals surface area contributed by atoms with Crippen LogP contribution in [0, 0.1) is 12.8 Å². The van der Waals surface area contributed by atoms with Crippen LogP contribution in [0.4, 0.5) is 5.82 Å². The highest BCUT2D eigenvalue weighted by atomic mass is 79.9. The second-order valence-electron chi connectivity index (χ2n) is 6.11. The molecule has 3 rings (SSSR count). The Morgan fingerprint density at radius 3 is 2.52 bits per heavy atom. The van der Waals surface area contributed by atoms with Crippen LogP contribution in [0.3, 0.4) is 0 Å². The van der Waals surface area contributed by atoms with Crippen LogP contribution in [0.2, 0.25) is 0 Å². The molecule has 1 aliphatic rings. The second kappa shape index (κ2) is 5.84. The molecule has 0 N–H and O–H groups in total. The van der Waals surface area contributed by atoms with Crippen molar-refractivity contribution in [1.29, 1.82) is 0 Å². The van der Waals surface area contributed by atoms with Gasteiger partial charge in [0.05, 0.1) is 11.4 Å². The van der Waals surface area contributed by atoms with E-state index in [1.807, 2.05) is 6.07 Å². The van der Waals surface area contributed by atoms with Crippen molar-refractivity contribution in [2.24, 2.45) is 5.92 Å². The number of hydrogen-bond donors (Lipinski definition) is 0. The molecule has 1 aromatic heterocycles. The largest absolute Gasteiger partial charge is 0.353 e. The lowest BCUT2D eigenvalue weighted by atomic mass is 10.1. The lowest BCUT2D eigenvalue weighted by Crippen LogP contribution is -2.29. The molecule has 0 amide bonds. The average Bonchev–Trinajstić information content (AvgIpc) is 2.98. The lowest BCUT2D eigenvalue weighted by molar-refractivity contribution is 0.624. The van der Waals surface area contributed by atoms with Crippen molar-refractivity contribution in [3.05, 3.63) is 41.6 Å². The summed E-state index contributed by atoms with van der Waals surface area (Å²) in [6, 6.07) is 11.0. The predicted molar refractivity (Wildman–Crippen MR) is 91.5 cm³/mol. The Balaban J connectivity index is 2.13. The van der Waals surface area contributed by atoms with E-state index in [9.17, 15) is 0 Å². The molecule has 1 fully saturated rings. The molecule has 3 nitrogen and oxygen atoms in total. The molecular weight excluding hydrogens is 326 g/mol. The first kappa shape index (κ1) is 14.6. The third-order valence-electron chi connectivity index (χ3n) is 4.35. The van der Waals surface area contributed by atoms with E-state index >= 15 is 0 Å². The molecule has 2 atom stereocenters. The molecule has 2 aromatic rings. The number of nitrogens with zero attached hydrogens (tertiary/aromatic N) is 3. The molecule has 2 heterocycles. The summed E-state index contributed by atoms with van der Waals surface area (Å²) < 4.78 is 2.11. The number of halogens is 1. The molecule has 2 unspecified atom stereocenters. The normalized spacial score (nSPS) is 22.0. The van der Waals surface area contributed by atoms with E-state index in [0.717, 1.165) is 29.2 Å². The number of benzene rings is 1. The van der Waals surface area contributed by atoms with Crippen LogP contribution in [0.15, 0.2) is 30.3 Å². The molecule has 0 spiro atoms. The van der Waals surface area contributed by atoms with Crippen LogP contribution in [0.25, 0.3) is 5.69 Å². The Morgan fingerprint density at radius 1 is 1.24 bits per heavy atom. The zero-order chi connectivity index (χ0) is 15.0. The highest BCUT2D eigenvalue weighted by molar-refractivity contribution is 9.08. The van der Waals surface area contributed by atoms with Crippen LogP contribution >= 0.6 is 15.9 Å². The molecule has 0 radical (unpaired) electrons. The summed E-state index contributed by atoms with van der Waals surface area (Å²) in [4.78, 5) is 2.52. The van der Waals surface area contributed by atoms with E-state index in [0.29, 0.717) is 6.04 Å². The van der Waals surface area contributed by atoms with Gasteiger partial charge in [0, 0.05) is 23.5 Å². The van der Waals surface area contributed by atoms with Crippen LogP contribution in [0.5, 0.6) is 0 Å². The van der Waals surface area contributed by atoms with E-state index in [1.165, 1.54) is 17.8 Å². The maximum absolute atomic E-state index is 4.80. The number of hydrogen-bond acceptors (Lipinski definition) is 2. The third kappa shape index (κ3) is 2.61. The average molecular weight is 348 g/mol. The first-order chi connectivity index (χ1) is 10.1. The van der Waals surface area contributed by atoms with Gasteiger partial charge in [0.25, 0.3) is 0 Å². The van der Waals surface area contributed by atoms with Gasteiger partial charge < -0.3 is 4.90 Å². The van der Waals surface area contributed by atoms with Crippen LogP contribution < -0.4 is 4.90 Å². The molecule has 0 aliphatic carbocycles. The highest BCUT2D eigenvalue weighted by Crippen LogP contribution is 2.35. The fourth-order valence-electron chi connectivity index (χ4n) is 3.34. The fraction of sp³-hybridized carbons (Fsp3) is 0.471. The summed E-state index contributed by atoms with van der Waals surface area (Å²) in [6.07, 6.45) is 1.25. The molecule has 4 heteroatoms. The zero-order valence-electron chi connectivity index (χ0n) is 12.9. The van der Waals surface area contributed by atoms with Gasteiger partial charge >= 0.3 is 0 Å². The van der Waals surface area contributed by atoms with E-state index < -0.39 is 0 Å². The fourth-order valence-corrected chi connectivity index (χ4v) is 4.00. The maximum atomic E-state index is 4.80. The molecular formula is C17H22BrN3. The van der Waals surface area contributed by atoms with Gasteiger partial charge in [-0.25, -0.2) is 4.68 Å². The van der Waals surface area contributed by atoms with Crippen molar-refractivity contribution in [1.82, 2.24) is 9.78 Å². The van der Waals surface area contributed by atoms with Gasteiger partial charge in [-0.05, 0) is 38.3 Å². The van der Waals surface area contributed by atoms with Gasteiger partial charge in [0.1, 0.15) is 5.82 Å². The maximum Gasteiger partial charge on any atom is 0.136 e. The highest BCUT2D eigenvalue weighted by Gasteiger charge is 2.31. The monoisotopic (exact) mass is 347 g/mol. The van der Waals surface area contributed by atoms with Crippen LogP contribution in [-0.2, 0) is 5.33 Å². The predicted octanol–water partition coefficient (Wildman–Crippen LogP) is 4.31. The molecule has 1 aromatic carbocycles. The quantitative estimate of drug-likeness (QED) is 0.771. The number of rotatable bonds is 3. The molecule has 1 aliphatic heterocycles. The number of aryl methyl sites for hydroxylation is 1. The van der Waals surface area contributed by atoms with Gasteiger partial charge in [0.15, 0.2) is 0 Å². The minimum Gasteiger partial charge on any atom is -0.353 e. The van der Waals surface area contributed by atoms with Crippen molar-refractivity contribution < 1.29 is 0 Å². The second-order valence-corrected chi connectivity index (χ2v) is 6.67. The summed E-state index contributed by atoms with van der Waals surface area (Å²) in [5.74, 6) is 2.00. The van der Waals surface area contributed by atoms with Gasteiger partial charge in [-0.3, -0.25) is 0 Å². The SMILES string of the molecule is Cc1nn(-c2ccccc2)c(N2CC(C)CC2C)c1CBr. The summed E-state index contributed by atoms with van der Waals surface area (Å²) in [6.45, 7) is 7.86. The Bertz CT molecular complexity index is 620. The van der Waals surface area contributed by atoms with Crippen LogP contribution in [0.1, 0.15) is 31.5 Å². The van der Waals surface area contributed by atoms with Crippen molar-refractivity contribution in [3.8, 4) is 5.69 Å². The van der Waals surface area contributed by atoms with Crippen molar-refractivity contribution in [2.45, 2.75) is 38.6 Å². The summed E-state index contributed by atoms with van der Waals surface area (Å²) in [5, 5.41) is 5.65. The Morgan fingerprint density at radius 2 is 1.95 bits per heavy atom. The van der Waals surface area contributed by atoms with E-state index in [2.05, 4.69) is 70.5 Å². The first-order valence-corrected chi connectivity index (χ1v) is 8.70. The molecule has 112 valence electrons. The number of para-hydroxylation sites is 1. The van der Waals surface area contributed by atoms with E-state index in [1.54, 1.807) is 0 Å². The molecule has 0 bridgehead atoms. The zero-order valence-corrected chi connectivity index (χ0v) is 14.5. The summed E-state index contributed by atoms with van der Waals surface area (Å²) >= 11 is 3.65. The molecule has 0 saturated carbocycles. The number of alkyl halides is 1. The first-order valence-electron chi connectivity index (χ1n) is 7.58. The van der Waals surface area contributed by atoms with Crippen molar-refractivity contribution in [2.75, 3.05) is 11.4 Å². The van der Waals surface area contributed by atoms with E-state index in [4.69, 9.17) is 5.10 Å². The van der Waals surface area contributed by atoms with Gasteiger partial charge in [-0.1, -0.05) is 41.1 Å². The standard InChI is InChI=1S/C17H22BrN3/c1-12-9-13(2)20(11-12)17-16(10-18)14(3)19-21(17)15-7-5-4-6-8-15/h4-8,12-13H,9-11H2,1-3H3. The van der Waals surface area contributed by atoms with Crippen molar-refractivity contribution in [3.63, 3.8) is 0 Å². The van der Waals surface area contributed by atoms with Crippen LogP contribution in [-0.4, -0.2) is 22.4 Å². The van der Waals surface area contributed by atoms with E-state index in [-0.39, 0.29) is 0 Å². The Labute approximate surface area is 135 Å². The van der Waals surface area contributed by atoms with Gasteiger partial charge in [0.2, 0.25) is 0 Å².